The maximum absolute atomic E-state index is 13.1. The van der Waals surface area contributed by atoms with Gasteiger partial charge in [-0.05, 0) is 33.4 Å². The largest absolute Gasteiger partial charge is 0.462 e. The Bertz CT molecular complexity index is 941. The number of aromatic nitrogens is 1. The highest BCUT2D eigenvalue weighted by molar-refractivity contribution is 6.43. The molecule has 1 fully saturated rings. The minimum Gasteiger partial charge on any atom is -0.462 e. The predicted octanol–water partition coefficient (Wildman–Crippen LogP) is 1.94. The number of Topliss-reactive ketones (excluding diaryl/α,β-unsaturated/α-hetero) is 1. The fourth-order valence-corrected chi connectivity index (χ4v) is 3.49. The predicted molar refractivity (Wildman–Crippen MR) is 113 cm³/mol. The maximum Gasteiger partial charge on any atom is 0.340 e. The molecule has 1 aliphatic heterocycles. The van der Waals surface area contributed by atoms with Crippen LogP contribution in [0.2, 0.25) is 0 Å². The second-order valence-corrected chi connectivity index (χ2v) is 7.52. The van der Waals surface area contributed by atoms with Crippen molar-refractivity contribution in [3.8, 4) is 11.1 Å². The summed E-state index contributed by atoms with van der Waals surface area (Å²) in [5.41, 5.74) is 5.65. The number of H-pyrrole nitrogens is 1. The van der Waals surface area contributed by atoms with Crippen LogP contribution in [0.25, 0.3) is 11.1 Å². The van der Waals surface area contributed by atoms with Crippen molar-refractivity contribution in [3.05, 3.63) is 46.8 Å². The average molecular weight is 412 g/mol. The van der Waals surface area contributed by atoms with E-state index >= 15 is 0 Å². The van der Waals surface area contributed by atoms with Crippen molar-refractivity contribution < 1.29 is 19.1 Å². The number of carbonyl (C=O) groups is 3. The van der Waals surface area contributed by atoms with E-state index < -0.39 is 17.7 Å². The van der Waals surface area contributed by atoms with Crippen molar-refractivity contribution in [1.29, 1.82) is 0 Å². The van der Waals surface area contributed by atoms with E-state index in [1.54, 1.807) is 18.9 Å². The number of ether oxygens (including phenoxy) is 1. The Kier molecular flexibility index (Phi) is 6.69. The summed E-state index contributed by atoms with van der Waals surface area (Å²) in [5, 5.41) is 1.74. The summed E-state index contributed by atoms with van der Waals surface area (Å²) in [6.45, 7) is 8.46. The van der Waals surface area contributed by atoms with Crippen molar-refractivity contribution in [2.45, 2.75) is 20.8 Å². The van der Waals surface area contributed by atoms with E-state index in [0.29, 0.717) is 29.9 Å². The van der Waals surface area contributed by atoms with Crippen molar-refractivity contribution in [2.24, 2.45) is 0 Å². The Morgan fingerprint density at radius 1 is 1.07 bits per heavy atom. The molecule has 0 atom stereocenters. The number of aryl methyl sites for hydroxylation is 2. The van der Waals surface area contributed by atoms with Gasteiger partial charge >= 0.3 is 11.9 Å². The zero-order chi connectivity index (χ0) is 21.8. The number of hydrogen-bond acceptors (Lipinski definition) is 6. The van der Waals surface area contributed by atoms with Crippen molar-refractivity contribution >= 4 is 17.7 Å². The zero-order valence-corrected chi connectivity index (χ0v) is 17.9. The number of esters is 1. The fraction of sp³-hybridized carbons (Fsp3) is 0.409. The number of hydrogen-bond donors (Lipinski definition) is 2. The number of amides is 1. The van der Waals surface area contributed by atoms with E-state index in [0.717, 1.165) is 18.7 Å². The Labute approximate surface area is 176 Å². The van der Waals surface area contributed by atoms with Gasteiger partial charge in [-0.1, -0.05) is 29.8 Å². The number of aromatic amines is 1. The van der Waals surface area contributed by atoms with E-state index in [2.05, 4.69) is 15.3 Å². The molecule has 2 N–H and O–H groups in total. The molecule has 0 radical (unpaired) electrons. The smallest absolute Gasteiger partial charge is 0.340 e. The van der Waals surface area contributed by atoms with Gasteiger partial charge in [0.15, 0.2) is 0 Å². The number of hydrazine groups is 1. The molecule has 1 aliphatic rings. The third-order valence-corrected chi connectivity index (χ3v) is 5.20. The van der Waals surface area contributed by atoms with Gasteiger partial charge in [-0.25, -0.2) is 9.80 Å². The van der Waals surface area contributed by atoms with E-state index in [4.69, 9.17) is 4.74 Å². The number of rotatable bonds is 6. The molecular weight excluding hydrogens is 384 g/mol. The monoisotopic (exact) mass is 412 g/mol. The topological polar surface area (TPSA) is 94.7 Å². The number of ketones is 1. The second kappa shape index (κ2) is 9.23. The van der Waals surface area contributed by atoms with Gasteiger partial charge in [0, 0.05) is 37.4 Å². The van der Waals surface area contributed by atoms with Crippen LogP contribution in [0.4, 0.5) is 0 Å². The highest BCUT2D eigenvalue weighted by Crippen LogP contribution is 2.31. The molecule has 0 spiro atoms. The number of nitrogens with one attached hydrogen (secondary N) is 2. The summed E-state index contributed by atoms with van der Waals surface area (Å²) in [6, 6.07) is 7.45. The van der Waals surface area contributed by atoms with Gasteiger partial charge in [0.25, 0.3) is 5.78 Å². The first kappa shape index (κ1) is 21.7. The lowest BCUT2D eigenvalue weighted by Crippen LogP contribution is -2.54. The Balaban J connectivity index is 1.96. The molecule has 2 aromatic rings. The standard InChI is InChI=1S/C22H28N4O4/c1-5-30-22(29)17-15(3)23-19(18(17)16-8-6-14(2)7-9-16)20(27)21(28)24-26-12-10-25(4)11-13-26/h6-9,23H,5,10-13H2,1-4H3,(H,24,28). The molecule has 8 nitrogen and oxygen atoms in total. The van der Waals surface area contributed by atoms with Crippen molar-refractivity contribution in [1.82, 2.24) is 20.3 Å². The molecular formula is C22H28N4O4. The summed E-state index contributed by atoms with van der Waals surface area (Å²) >= 11 is 0. The number of nitrogens with zero attached hydrogens (tertiary/aromatic N) is 2. The van der Waals surface area contributed by atoms with E-state index in [1.807, 2.05) is 38.2 Å². The van der Waals surface area contributed by atoms with E-state index in [9.17, 15) is 14.4 Å². The van der Waals surface area contributed by atoms with Crippen LogP contribution in [-0.4, -0.2) is 72.4 Å². The molecule has 160 valence electrons. The Morgan fingerprint density at radius 2 is 1.70 bits per heavy atom. The first-order chi connectivity index (χ1) is 14.3. The lowest BCUT2D eigenvalue weighted by molar-refractivity contribution is -0.122. The molecule has 2 heterocycles. The summed E-state index contributed by atoms with van der Waals surface area (Å²) in [6.07, 6.45) is 0. The lowest BCUT2D eigenvalue weighted by atomic mass is 9.97. The summed E-state index contributed by atoms with van der Waals surface area (Å²) in [7, 11) is 2.01. The number of benzene rings is 1. The van der Waals surface area contributed by atoms with Gasteiger partial charge in [0.1, 0.15) is 5.69 Å². The van der Waals surface area contributed by atoms with Gasteiger partial charge in [-0.2, -0.15) is 0 Å². The zero-order valence-electron chi connectivity index (χ0n) is 17.9. The van der Waals surface area contributed by atoms with Crippen LogP contribution in [-0.2, 0) is 9.53 Å². The molecule has 8 heteroatoms. The summed E-state index contributed by atoms with van der Waals surface area (Å²) in [4.78, 5) is 43.5. The molecule has 1 amide bonds. The normalized spacial score (nSPS) is 15.1. The van der Waals surface area contributed by atoms with Gasteiger partial charge < -0.3 is 14.6 Å². The van der Waals surface area contributed by atoms with E-state index in [-0.39, 0.29) is 17.9 Å². The molecule has 0 bridgehead atoms. The van der Waals surface area contributed by atoms with Crippen LogP contribution in [0.1, 0.15) is 39.0 Å². The van der Waals surface area contributed by atoms with Gasteiger partial charge in [-0.3, -0.25) is 15.0 Å². The average Bonchev–Trinajstić information content (AvgIpc) is 3.07. The van der Waals surface area contributed by atoms with Crippen molar-refractivity contribution in [3.63, 3.8) is 0 Å². The van der Waals surface area contributed by atoms with Crippen LogP contribution in [0.15, 0.2) is 24.3 Å². The Morgan fingerprint density at radius 3 is 2.30 bits per heavy atom. The highest BCUT2D eigenvalue weighted by Gasteiger charge is 2.30. The highest BCUT2D eigenvalue weighted by atomic mass is 16.5. The summed E-state index contributed by atoms with van der Waals surface area (Å²) < 4.78 is 5.20. The fourth-order valence-electron chi connectivity index (χ4n) is 3.49. The van der Waals surface area contributed by atoms with Crippen LogP contribution >= 0.6 is 0 Å². The molecule has 1 saturated heterocycles. The quantitative estimate of drug-likeness (QED) is 0.428. The molecule has 1 aromatic carbocycles. The van der Waals surface area contributed by atoms with Crippen LogP contribution < -0.4 is 5.43 Å². The molecule has 0 saturated carbocycles. The summed E-state index contributed by atoms with van der Waals surface area (Å²) in [5.74, 6) is -1.98. The SMILES string of the molecule is CCOC(=O)c1c(C)[nH]c(C(=O)C(=O)NN2CCN(C)CC2)c1-c1ccc(C)cc1. The van der Waals surface area contributed by atoms with Crippen LogP contribution in [0.5, 0.6) is 0 Å². The third kappa shape index (κ3) is 4.60. The first-order valence-corrected chi connectivity index (χ1v) is 10.1. The van der Waals surface area contributed by atoms with E-state index in [1.165, 1.54) is 0 Å². The number of carbonyl (C=O) groups excluding carboxylic acids is 3. The molecule has 1 aromatic heterocycles. The molecule has 0 unspecified atom stereocenters. The van der Waals surface area contributed by atoms with Crippen molar-refractivity contribution in [2.75, 3.05) is 39.8 Å². The van der Waals surface area contributed by atoms with Gasteiger partial charge in [-0.15, -0.1) is 0 Å². The van der Waals surface area contributed by atoms with Crippen LogP contribution in [0, 0.1) is 13.8 Å². The number of piperazine rings is 1. The molecule has 3 rings (SSSR count). The third-order valence-electron chi connectivity index (χ3n) is 5.20. The van der Waals surface area contributed by atoms with Crippen LogP contribution in [0.3, 0.4) is 0 Å². The second-order valence-electron chi connectivity index (χ2n) is 7.52. The number of likely N-dealkylation sites (N-methyl/N-ethyl adjacent to an activating group) is 1. The Hall–Kier alpha value is -2.97. The van der Waals surface area contributed by atoms with Gasteiger partial charge in [0.05, 0.1) is 12.2 Å². The minimum atomic E-state index is -0.732. The first-order valence-electron chi connectivity index (χ1n) is 10.1. The molecule has 30 heavy (non-hydrogen) atoms. The maximum atomic E-state index is 13.1. The van der Waals surface area contributed by atoms with Gasteiger partial charge in [0.2, 0.25) is 0 Å². The molecule has 0 aliphatic carbocycles. The lowest BCUT2D eigenvalue weighted by Gasteiger charge is -2.32. The minimum absolute atomic E-state index is 0.0889.